The molecule has 7 nitrogen and oxygen atoms in total. The Hall–Kier alpha value is -2.83. The van der Waals surface area contributed by atoms with Crippen molar-refractivity contribution in [3.63, 3.8) is 0 Å². The summed E-state index contributed by atoms with van der Waals surface area (Å²) in [5.41, 5.74) is 4.68. The summed E-state index contributed by atoms with van der Waals surface area (Å²) in [6, 6.07) is 6.13. The number of benzene rings is 1. The van der Waals surface area contributed by atoms with E-state index in [0.717, 1.165) is 11.4 Å². The molecule has 0 unspecified atom stereocenters. The van der Waals surface area contributed by atoms with Crippen LogP contribution in [0.15, 0.2) is 29.4 Å². The molecular formula is C14H16N4O3. The molecule has 1 heterocycles. The molecular weight excluding hydrogens is 272 g/mol. The van der Waals surface area contributed by atoms with E-state index in [-0.39, 0.29) is 24.0 Å². The number of phenols is 2. The molecule has 0 bridgehead atoms. The SMILES string of the molecule is Cc1cc(C)n(CC(=O)N/N=C/c2ccc(O)c(O)c2)n1. The molecule has 0 aliphatic rings. The number of hydrogen-bond donors (Lipinski definition) is 3. The number of phenolic OH excluding ortho intramolecular Hbond substituents is 2. The van der Waals surface area contributed by atoms with E-state index in [9.17, 15) is 15.0 Å². The van der Waals surface area contributed by atoms with Gasteiger partial charge in [0, 0.05) is 5.69 Å². The Labute approximate surface area is 121 Å². The summed E-state index contributed by atoms with van der Waals surface area (Å²) >= 11 is 0. The predicted molar refractivity (Wildman–Crippen MR) is 77.2 cm³/mol. The average Bonchev–Trinajstić information content (AvgIpc) is 2.72. The Morgan fingerprint density at radius 1 is 1.33 bits per heavy atom. The molecule has 1 aromatic heterocycles. The normalized spacial score (nSPS) is 11.0. The number of aromatic hydroxyl groups is 2. The standard InChI is InChI=1S/C14H16N4O3/c1-9-5-10(2)18(17-9)8-14(21)16-15-7-11-3-4-12(19)13(20)6-11/h3-7,19-20H,8H2,1-2H3,(H,16,21)/b15-7+. The molecule has 0 aliphatic carbocycles. The van der Waals surface area contributed by atoms with Crippen LogP contribution in [0.3, 0.4) is 0 Å². The molecule has 2 rings (SSSR count). The molecule has 21 heavy (non-hydrogen) atoms. The zero-order valence-electron chi connectivity index (χ0n) is 11.7. The number of hydrazone groups is 1. The highest BCUT2D eigenvalue weighted by molar-refractivity contribution is 5.83. The summed E-state index contributed by atoms with van der Waals surface area (Å²) in [4.78, 5) is 11.7. The largest absolute Gasteiger partial charge is 0.504 e. The molecule has 0 radical (unpaired) electrons. The minimum absolute atomic E-state index is 0.0812. The Balaban J connectivity index is 1.93. The molecule has 1 aromatic carbocycles. The van der Waals surface area contributed by atoms with Gasteiger partial charge in [-0.25, -0.2) is 5.43 Å². The molecule has 0 saturated heterocycles. The van der Waals surface area contributed by atoms with E-state index in [0.29, 0.717) is 5.56 Å². The van der Waals surface area contributed by atoms with E-state index >= 15 is 0 Å². The lowest BCUT2D eigenvalue weighted by molar-refractivity contribution is -0.121. The van der Waals surface area contributed by atoms with Gasteiger partial charge in [-0.15, -0.1) is 0 Å². The monoisotopic (exact) mass is 288 g/mol. The van der Waals surface area contributed by atoms with Crippen molar-refractivity contribution in [2.75, 3.05) is 0 Å². The molecule has 0 fully saturated rings. The maximum absolute atomic E-state index is 11.7. The second kappa shape index (κ2) is 6.08. The highest BCUT2D eigenvalue weighted by Gasteiger charge is 2.06. The first-order chi connectivity index (χ1) is 9.95. The Morgan fingerprint density at radius 3 is 2.71 bits per heavy atom. The molecule has 2 aromatic rings. The Morgan fingerprint density at radius 2 is 2.10 bits per heavy atom. The van der Waals surface area contributed by atoms with Crippen molar-refractivity contribution in [1.82, 2.24) is 15.2 Å². The number of carbonyl (C=O) groups excluding carboxylic acids is 1. The van der Waals surface area contributed by atoms with Gasteiger partial charge in [-0.1, -0.05) is 0 Å². The summed E-state index contributed by atoms with van der Waals surface area (Å²) in [6.07, 6.45) is 1.37. The Bertz CT molecular complexity index is 692. The lowest BCUT2D eigenvalue weighted by Gasteiger charge is -2.03. The number of carbonyl (C=O) groups is 1. The number of nitrogens with zero attached hydrogens (tertiary/aromatic N) is 3. The van der Waals surface area contributed by atoms with Crippen molar-refractivity contribution in [1.29, 1.82) is 0 Å². The number of hydrogen-bond acceptors (Lipinski definition) is 5. The summed E-state index contributed by atoms with van der Waals surface area (Å²) in [6.45, 7) is 3.81. The lowest BCUT2D eigenvalue weighted by atomic mass is 10.2. The first-order valence-electron chi connectivity index (χ1n) is 6.30. The quantitative estimate of drug-likeness (QED) is 0.445. The maximum Gasteiger partial charge on any atom is 0.261 e. The third-order valence-electron chi connectivity index (χ3n) is 2.80. The van der Waals surface area contributed by atoms with E-state index in [4.69, 9.17) is 0 Å². The van der Waals surface area contributed by atoms with Crippen molar-refractivity contribution in [2.45, 2.75) is 20.4 Å². The molecule has 0 aliphatic heterocycles. The summed E-state index contributed by atoms with van der Waals surface area (Å²) < 4.78 is 1.59. The van der Waals surface area contributed by atoms with E-state index in [2.05, 4.69) is 15.6 Å². The molecule has 0 spiro atoms. The van der Waals surface area contributed by atoms with Gasteiger partial charge in [-0.05, 0) is 43.7 Å². The van der Waals surface area contributed by atoms with Gasteiger partial charge in [0.05, 0.1) is 11.9 Å². The minimum atomic E-state index is -0.305. The van der Waals surface area contributed by atoms with E-state index < -0.39 is 0 Å². The van der Waals surface area contributed by atoms with Crippen molar-refractivity contribution in [3.05, 3.63) is 41.2 Å². The molecule has 3 N–H and O–H groups in total. The van der Waals surface area contributed by atoms with Crippen LogP contribution in [-0.4, -0.2) is 32.1 Å². The maximum atomic E-state index is 11.7. The molecule has 0 saturated carbocycles. The van der Waals surface area contributed by atoms with Crippen LogP contribution in [0.4, 0.5) is 0 Å². The van der Waals surface area contributed by atoms with Crippen LogP contribution >= 0.6 is 0 Å². The second-order valence-corrected chi connectivity index (χ2v) is 4.63. The topological polar surface area (TPSA) is 99.7 Å². The molecule has 0 atom stereocenters. The van der Waals surface area contributed by atoms with Crippen LogP contribution in [0.5, 0.6) is 11.5 Å². The fourth-order valence-corrected chi connectivity index (χ4v) is 1.81. The van der Waals surface area contributed by atoms with Gasteiger partial charge in [0.1, 0.15) is 6.54 Å². The molecule has 1 amide bonds. The summed E-state index contributed by atoms with van der Waals surface area (Å²) in [5, 5.41) is 26.5. The molecule has 110 valence electrons. The number of aryl methyl sites for hydroxylation is 2. The number of rotatable bonds is 4. The van der Waals surface area contributed by atoms with Crippen LogP contribution < -0.4 is 5.43 Å². The first kappa shape index (κ1) is 14.6. The fourth-order valence-electron chi connectivity index (χ4n) is 1.81. The van der Waals surface area contributed by atoms with E-state index in [1.165, 1.54) is 18.3 Å². The number of aromatic nitrogens is 2. The fraction of sp³-hybridized carbons (Fsp3) is 0.214. The van der Waals surface area contributed by atoms with Crippen molar-refractivity contribution in [2.24, 2.45) is 5.10 Å². The van der Waals surface area contributed by atoms with Gasteiger partial charge < -0.3 is 10.2 Å². The van der Waals surface area contributed by atoms with Crippen molar-refractivity contribution in [3.8, 4) is 11.5 Å². The summed E-state index contributed by atoms with van der Waals surface area (Å²) in [7, 11) is 0. The van der Waals surface area contributed by atoms with Gasteiger partial charge in [0.25, 0.3) is 5.91 Å². The van der Waals surface area contributed by atoms with E-state index in [1.807, 2.05) is 19.9 Å². The average molecular weight is 288 g/mol. The number of amides is 1. The third-order valence-corrected chi connectivity index (χ3v) is 2.80. The number of nitrogens with one attached hydrogen (secondary N) is 1. The van der Waals surface area contributed by atoms with Gasteiger partial charge in [0.15, 0.2) is 11.5 Å². The third kappa shape index (κ3) is 3.82. The van der Waals surface area contributed by atoms with E-state index in [1.54, 1.807) is 10.7 Å². The smallest absolute Gasteiger partial charge is 0.261 e. The van der Waals surface area contributed by atoms with Crippen LogP contribution in [0.25, 0.3) is 0 Å². The van der Waals surface area contributed by atoms with Gasteiger partial charge in [-0.3, -0.25) is 9.48 Å². The zero-order chi connectivity index (χ0) is 15.4. The van der Waals surface area contributed by atoms with Crippen LogP contribution in [-0.2, 0) is 11.3 Å². The van der Waals surface area contributed by atoms with Gasteiger partial charge >= 0.3 is 0 Å². The zero-order valence-corrected chi connectivity index (χ0v) is 11.7. The lowest BCUT2D eigenvalue weighted by Crippen LogP contribution is -2.24. The highest BCUT2D eigenvalue weighted by atomic mass is 16.3. The van der Waals surface area contributed by atoms with Gasteiger partial charge in [-0.2, -0.15) is 10.2 Å². The second-order valence-electron chi connectivity index (χ2n) is 4.63. The predicted octanol–water partition coefficient (Wildman–Crippen LogP) is 1.06. The van der Waals surface area contributed by atoms with Crippen molar-refractivity contribution >= 4 is 12.1 Å². The van der Waals surface area contributed by atoms with Crippen LogP contribution in [0, 0.1) is 13.8 Å². The van der Waals surface area contributed by atoms with Crippen LogP contribution in [0.2, 0.25) is 0 Å². The minimum Gasteiger partial charge on any atom is -0.504 e. The highest BCUT2D eigenvalue weighted by Crippen LogP contribution is 2.23. The Kier molecular flexibility index (Phi) is 4.22. The van der Waals surface area contributed by atoms with Gasteiger partial charge in [0.2, 0.25) is 0 Å². The summed E-state index contributed by atoms with van der Waals surface area (Å²) in [5.74, 6) is -0.755. The van der Waals surface area contributed by atoms with Crippen molar-refractivity contribution < 1.29 is 15.0 Å². The van der Waals surface area contributed by atoms with Crippen LogP contribution in [0.1, 0.15) is 17.0 Å². The first-order valence-corrected chi connectivity index (χ1v) is 6.30. The molecule has 7 heteroatoms.